The summed E-state index contributed by atoms with van der Waals surface area (Å²) in [5.41, 5.74) is 1.14. The molecule has 6 nitrogen and oxygen atoms in total. The minimum atomic E-state index is -0.832. The zero-order valence-corrected chi connectivity index (χ0v) is 18.7. The fourth-order valence-electron chi connectivity index (χ4n) is 3.53. The molecule has 3 aromatic rings. The standard InChI is InChI=1S/C23H18ClFN2O4S/c1-3-31-22(30)19-12(2)26-23-27(20(19)13-4-7-16(25)8-5-13)21(29)18(32-23)11-14-10-15(24)6-9-17(14)28/h4-11,20,28H,3H2,1-2H3/b18-11-/t20-/m0/s1. The molecular weight excluding hydrogens is 455 g/mol. The number of benzene rings is 2. The molecule has 0 saturated heterocycles. The number of thiazole rings is 1. The van der Waals surface area contributed by atoms with E-state index in [0.29, 0.717) is 31.2 Å². The second-order valence-electron chi connectivity index (χ2n) is 7.06. The number of allylic oxidation sites excluding steroid dienone is 1. The van der Waals surface area contributed by atoms with E-state index >= 15 is 0 Å². The molecule has 32 heavy (non-hydrogen) atoms. The monoisotopic (exact) mass is 472 g/mol. The van der Waals surface area contributed by atoms with Crippen molar-refractivity contribution in [1.82, 2.24) is 4.57 Å². The van der Waals surface area contributed by atoms with Crippen molar-refractivity contribution < 1.29 is 19.0 Å². The molecule has 2 heterocycles. The third-order valence-electron chi connectivity index (χ3n) is 4.98. The number of hydrogen-bond donors (Lipinski definition) is 1. The van der Waals surface area contributed by atoms with Crippen molar-refractivity contribution in [2.24, 2.45) is 4.99 Å². The smallest absolute Gasteiger partial charge is 0.338 e. The fraction of sp³-hybridized carbons (Fsp3) is 0.174. The zero-order valence-electron chi connectivity index (χ0n) is 17.1. The van der Waals surface area contributed by atoms with E-state index in [9.17, 15) is 19.1 Å². The molecule has 0 bridgehead atoms. The molecule has 1 aliphatic heterocycles. The van der Waals surface area contributed by atoms with Gasteiger partial charge < -0.3 is 9.84 Å². The van der Waals surface area contributed by atoms with E-state index in [1.165, 1.54) is 41.0 Å². The average molecular weight is 473 g/mol. The van der Waals surface area contributed by atoms with Gasteiger partial charge in [-0.1, -0.05) is 35.1 Å². The second-order valence-corrected chi connectivity index (χ2v) is 8.50. The highest BCUT2D eigenvalue weighted by atomic mass is 35.5. The SMILES string of the molecule is CCOC(=O)C1=C(C)N=c2s/c(=C\c3cc(Cl)ccc3O)c(=O)n2[C@H]1c1ccc(F)cc1. The van der Waals surface area contributed by atoms with Crippen LogP contribution in [-0.2, 0) is 9.53 Å². The number of carbonyl (C=O) groups is 1. The van der Waals surface area contributed by atoms with Gasteiger partial charge >= 0.3 is 5.97 Å². The van der Waals surface area contributed by atoms with Crippen LogP contribution in [0.3, 0.4) is 0 Å². The lowest BCUT2D eigenvalue weighted by atomic mass is 9.96. The summed E-state index contributed by atoms with van der Waals surface area (Å²) in [6.45, 7) is 3.51. The highest BCUT2D eigenvalue weighted by molar-refractivity contribution is 7.07. The number of halogens is 2. The highest BCUT2D eigenvalue weighted by Crippen LogP contribution is 2.31. The molecule has 1 atom stereocenters. The van der Waals surface area contributed by atoms with E-state index in [1.807, 2.05) is 0 Å². The van der Waals surface area contributed by atoms with E-state index < -0.39 is 23.4 Å². The largest absolute Gasteiger partial charge is 0.507 e. The number of aromatic nitrogens is 1. The van der Waals surface area contributed by atoms with Crippen molar-refractivity contribution in [2.75, 3.05) is 6.61 Å². The number of aromatic hydroxyl groups is 1. The first-order valence-electron chi connectivity index (χ1n) is 9.73. The van der Waals surface area contributed by atoms with Crippen LogP contribution in [0.4, 0.5) is 4.39 Å². The van der Waals surface area contributed by atoms with Gasteiger partial charge in [0, 0.05) is 10.6 Å². The number of carbonyl (C=O) groups excluding carboxylic acids is 1. The molecule has 0 fully saturated rings. The second kappa shape index (κ2) is 8.72. The minimum Gasteiger partial charge on any atom is -0.507 e. The Bertz CT molecular complexity index is 1420. The molecule has 9 heteroatoms. The Balaban J connectivity index is 1.97. The summed E-state index contributed by atoms with van der Waals surface area (Å²) < 4.78 is 20.5. The molecule has 0 radical (unpaired) electrons. The Morgan fingerprint density at radius 3 is 2.72 bits per heavy atom. The van der Waals surface area contributed by atoms with Crippen LogP contribution in [0.25, 0.3) is 6.08 Å². The van der Waals surface area contributed by atoms with Crippen LogP contribution in [0.1, 0.15) is 31.0 Å². The number of phenols is 1. The Hall–Kier alpha value is -3.23. The van der Waals surface area contributed by atoms with Crippen LogP contribution >= 0.6 is 22.9 Å². The maximum Gasteiger partial charge on any atom is 0.338 e. The first kappa shape index (κ1) is 22.0. The van der Waals surface area contributed by atoms with Gasteiger partial charge in [-0.15, -0.1) is 0 Å². The van der Waals surface area contributed by atoms with Gasteiger partial charge in [-0.2, -0.15) is 0 Å². The molecule has 0 unspecified atom stereocenters. The molecule has 1 aromatic heterocycles. The summed E-state index contributed by atoms with van der Waals surface area (Å²) in [6, 6.07) is 9.29. The third kappa shape index (κ3) is 3.99. The van der Waals surface area contributed by atoms with Gasteiger partial charge in [0.2, 0.25) is 0 Å². The summed E-state index contributed by atoms with van der Waals surface area (Å²) in [6.07, 6.45) is 1.52. The van der Waals surface area contributed by atoms with Gasteiger partial charge in [0.05, 0.1) is 28.5 Å². The molecule has 0 aliphatic carbocycles. The fourth-order valence-corrected chi connectivity index (χ4v) is 4.75. The van der Waals surface area contributed by atoms with E-state index in [-0.39, 0.29) is 17.9 Å². The maximum absolute atomic E-state index is 13.6. The topological polar surface area (TPSA) is 80.9 Å². The molecule has 1 aliphatic rings. The Morgan fingerprint density at radius 2 is 2.03 bits per heavy atom. The number of nitrogens with zero attached hydrogens (tertiary/aromatic N) is 2. The number of fused-ring (bicyclic) bond motifs is 1. The molecule has 2 aromatic carbocycles. The van der Waals surface area contributed by atoms with Crippen molar-refractivity contribution in [3.8, 4) is 5.75 Å². The van der Waals surface area contributed by atoms with Crippen LogP contribution < -0.4 is 14.9 Å². The van der Waals surface area contributed by atoms with Crippen molar-refractivity contribution in [1.29, 1.82) is 0 Å². The van der Waals surface area contributed by atoms with Gasteiger partial charge in [-0.05, 0) is 55.8 Å². The highest BCUT2D eigenvalue weighted by Gasteiger charge is 2.33. The quantitative estimate of drug-likeness (QED) is 0.591. The first-order chi connectivity index (χ1) is 15.3. The van der Waals surface area contributed by atoms with E-state index in [2.05, 4.69) is 4.99 Å². The van der Waals surface area contributed by atoms with Crippen molar-refractivity contribution >= 4 is 35.0 Å². The lowest BCUT2D eigenvalue weighted by Crippen LogP contribution is -2.39. The first-order valence-corrected chi connectivity index (χ1v) is 10.9. The predicted octanol–water partition coefficient (Wildman–Crippen LogP) is 3.30. The number of esters is 1. The summed E-state index contributed by atoms with van der Waals surface area (Å²) in [4.78, 5) is 31.0. The number of phenolic OH excluding ortho intramolecular Hbond substituents is 1. The van der Waals surface area contributed by atoms with Gasteiger partial charge in [0.1, 0.15) is 11.6 Å². The molecule has 0 amide bonds. The summed E-state index contributed by atoms with van der Waals surface area (Å²) >= 11 is 7.14. The molecule has 0 spiro atoms. The van der Waals surface area contributed by atoms with Gasteiger partial charge in [0.25, 0.3) is 5.56 Å². The summed E-state index contributed by atoms with van der Waals surface area (Å²) in [7, 11) is 0. The molecule has 4 rings (SSSR count). The summed E-state index contributed by atoms with van der Waals surface area (Å²) in [5.74, 6) is -1.06. The van der Waals surface area contributed by atoms with Crippen LogP contribution in [0.5, 0.6) is 5.75 Å². The number of rotatable bonds is 4. The third-order valence-corrected chi connectivity index (χ3v) is 6.20. The van der Waals surface area contributed by atoms with E-state index in [0.717, 1.165) is 11.3 Å². The van der Waals surface area contributed by atoms with Crippen LogP contribution in [0.2, 0.25) is 5.02 Å². The van der Waals surface area contributed by atoms with Gasteiger partial charge in [-0.25, -0.2) is 14.2 Å². The van der Waals surface area contributed by atoms with Crippen molar-refractivity contribution in [3.05, 3.63) is 95.4 Å². The van der Waals surface area contributed by atoms with Gasteiger partial charge in [0.15, 0.2) is 4.80 Å². The van der Waals surface area contributed by atoms with Crippen LogP contribution in [0.15, 0.2) is 63.5 Å². The molecular formula is C23H18ClFN2O4S. The number of ether oxygens (including phenoxy) is 1. The van der Waals surface area contributed by atoms with Crippen LogP contribution in [0, 0.1) is 5.82 Å². The molecule has 164 valence electrons. The molecule has 0 saturated carbocycles. The zero-order chi connectivity index (χ0) is 23.0. The van der Waals surface area contributed by atoms with Gasteiger partial charge in [-0.3, -0.25) is 9.36 Å². The van der Waals surface area contributed by atoms with Crippen molar-refractivity contribution in [2.45, 2.75) is 19.9 Å². The van der Waals surface area contributed by atoms with Crippen molar-refractivity contribution in [3.63, 3.8) is 0 Å². The average Bonchev–Trinajstić information content (AvgIpc) is 3.05. The Labute approximate surface area is 191 Å². The minimum absolute atomic E-state index is 0.0290. The van der Waals surface area contributed by atoms with Crippen LogP contribution in [-0.4, -0.2) is 22.2 Å². The lowest BCUT2D eigenvalue weighted by Gasteiger charge is -2.24. The predicted molar refractivity (Wildman–Crippen MR) is 120 cm³/mol. The van der Waals surface area contributed by atoms with E-state index in [1.54, 1.807) is 26.0 Å². The summed E-state index contributed by atoms with van der Waals surface area (Å²) in [5, 5.41) is 10.5. The lowest BCUT2D eigenvalue weighted by molar-refractivity contribution is -0.139. The maximum atomic E-state index is 13.6. The normalized spacial score (nSPS) is 16.0. The Morgan fingerprint density at radius 1 is 1.31 bits per heavy atom. The number of hydrogen-bond acceptors (Lipinski definition) is 6. The molecule has 1 N–H and O–H groups in total. The van der Waals surface area contributed by atoms with E-state index in [4.69, 9.17) is 16.3 Å². The Kier molecular flexibility index (Phi) is 5.99.